The number of nitrogens with one attached hydrogen (secondary N) is 1. The molecule has 1 aromatic heterocycles. The van der Waals surface area contributed by atoms with Crippen LogP contribution >= 0.6 is 11.6 Å². The molecule has 0 radical (unpaired) electrons. The van der Waals surface area contributed by atoms with Crippen molar-refractivity contribution in [3.8, 4) is 11.5 Å². The molecule has 0 aliphatic heterocycles. The van der Waals surface area contributed by atoms with Crippen molar-refractivity contribution in [3.63, 3.8) is 0 Å². The van der Waals surface area contributed by atoms with Crippen molar-refractivity contribution in [2.45, 2.75) is 13.8 Å². The number of fused-ring (bicyclic) bond motifs is 1. The molecule has 4 nitrogen and oxygen atoms in total. The van der Waals surface area contributed by atoms with Gasteiger partial charge in [0.15, 0.2) is 5.58 Å². The summed E-state index contributed by atoms with van der Waals surface area (Å²) in [5, 5.41) is 3.58. The largest absolute Gasteiger partial charge is 0.436 e. The molecule has 0 fully saturated rings. The van der Waals surface area contributed by atoms with E-state index in [2.05, 4.69) is 10.3 Å². The topological polar surface area (TPSA) is 55.1 Å². The van der Waals surface area contributed by atoms with Crippen molar-refractivity contribution < 1.29 is 9.21 Å². The Kier molecular flexibility index (Phi) is 5.19. The number of benzene rings is 3. The molecular weight excluding hydrogens is 384 g/mol. The molecule has 0 aliphatic rings. The fourth-order valence-electron chi connectivity index (χ4n) is 3.08. The fourth-order valence-corrected chi connectivity index (χ4v) is 3.20. The Balaban J connectivity index is 1.57. The van der Waals surface area contributed by atoms with Crippen molar-refractivity contribution in [2.24, 2.45) is 0 Å². The summed E-state index contributed by atoms with van der Waals surface area (Å²) < 4.78 is 5.92. The van der Waals surface area contributed by atoms with Crippen LogP contribution in [-0.2, 0) is 4.79 Å². The summed E-state index contributed by atoms with van der Waals surface area (Å²) in [6.07, 6.45) is 3.24. The predicted molar refractivity (Wildman–Crippen MR) is 118 cm³/mol. The molecule has 4 rings (SSSR count). The summed E-state index contributed by atoms with van der Waals surface area (Å²) in [4.78, 5) is 17.0. The molecule has 1 N–H and O–H groups in total. The van der Waals surface area contributed by atoms with Gasteiger partial charge in [-0.25, -0.2) is 4.98 Å². The van der Waals surface area contributed by atoms with E-state index in [0.29, 0.717) is 16.6 Å². The van der Waals surface area contributed by atoms with Gasteiger partial charge in [0.25, 0.3) is 0 Å². The van der Waals surface area contributed by atoms with Crippen LogP contribution in [0.5, 0.6) is 0 Å². The van der Waals surface area contributed by atoms with Gasteiger partial charge >= 0.3 is 0 Å². The average molecular weight is 403 g/mol. The number of anilines is 1. The molecule has 0 atom stereocenters. The molecule has 1 heterocycles. The minimum atomic E-state index is -0.214. The Morgan fingerprint density at radius 2 is 1.86 bits per heavy atom. The zero-order chi connectivity index (χ0) is 20.4. The molecular formula is C24H19ClN2O2. The van der Waals surface area contributed by atoms with Crippen molar-refractivity contribution in [1.29, 1.82) is 0 Å². The molecule has 0 saturated carbocycles. The maximum Gasteiger partial charge on any atom is 0.248 e. The first-order valence-corrected chi connectivity index (χ1v) is 9.59. The van der Waals surface area contributed by atoms with E-state index in [4.69, 9.17) is 16.0 Å². The molecule has 1 amide bonds. The lowest BCUT2D eigenvalue weighted by atomic mass is 10.1. The number of carbonyl (C=O) groups is 1. The lowest BCUT2D eigenvalue weighted by Gasteiger charge is -2.09. The minimum Gasteiger partial charge on any atom is -0.436 e. The molecule has 5 heteroatoms. The second kappa shape index (κ2) is 7.94. The Morgan fingerprint density at radius 1 is 1.07 bits per heavy atom. The number of aromatic nitrogens is 1. The number of carbonyl (C=O) groups excluding carboxylic acids is 1. The highest BCUT2D eigenvalue weighted by Crippen LogP contribution is 2.30. The van der Waals surface area contributed by atoms with Crippen LogP contribution in [0.4, 0.5) is 5.69 Å². The summed E-state index contributed by atoms with van der Waals surface area (Å²) in [6, 6.07) is 18.9. The maximum absolute atomic E-state index is 12.4. The van der Waals surface area contributed by atoms with E-state index in [0.717, 1.165) is 33.4 Å². The minimum absolute atomic E-state index is 0.214. The van der Waals surface area contributed by atoms with Gasteiger partial charge in [-0.05, 0) is 73.0 Å². The average Bonchev–Trinajstić information content (AvgIpc) is 3.12. The molecule has 144 valence electrons. The number of hydrogen-bond acceptors (Lipinski definition) is 3. The second-order valence-electron chi connectivity index (χ2n) is 6.84. The summed E-state index contributed by atoms with van der Waals surface area (Å²) in [5.41, 5.74) is 6.04. The zero-order valence-electron chi connectivity index (χ0n) is 16.1. The van der Waals surface area contributed by atoms with Gasteiger partial charge in [-0.15, -0.1) is 0 Å². The third-order valence-electron chi connectivity index (χ3n) is 4.66. The van der Waals surface area contributed by atoms with Gasteiger partial charge in [0, 0.05) is 22.3 Å². The van der Waals surface area contributed by atoms with E-state index >= 15 is 0 Å². The van der Waals surface area contributed by atoms with E-state index in [1.807, 2.05) is 62.4 Å². The third kappa shape index (κ3) is 4.23. The van der Waals surface area contributed by atoms with Crippen molar-refractivity contribution in [2.75, 3.05) is 5.32 Å². The molecule has 29 heavy (non-hydrogen) atoms. The number of rotatable bonds is 4. The molecule has 0 bridgehead atoms. The van der Waals surface area contributed by atoms with Gasteiger partial charge in [-0.3, -0.25) is 4.79 Å². The number of nitrogens with zero attached hydrogens (tertiary/aromatic N) is 1. The SMILES string of the molecule is Cc1ccc2oc(-c3cccc(NC(=O)C=Cc4ccc(Cl)cc4)c3C)nc2c1. The molecule has 3 aromatic carbocycles. The number of aryl methyl sites for hydroxylation is 1. The van der Waals surface area contributed by atoms with Gasteiger partial charge in [0.05, 0.1) is 0 Å². The summed E-state index contributed by atoms with van der Waals surface area (Å²) in [6.45, 7) is 3.96. The number of amides is 1. The lowest BCUT2D eigenvalue weighted by molar-refractivity contribution is -0.111. The fraction of sp³-hybridized carbons (Fsp3) is 0.0833. The number of oxazole rings is 1. The molecule has 0 spiro atoms. The van der Waals surface area contributed by atoms with Crippen LogP contribution in [0.25, 0.3) is 28.6 Å². The molecule has 0 unspecified atom stereocenters. The lowest BCUT2D eigenvalue weighted by Crippen LogP contribution is -2.09. The van der Waals surface area contributed by atoms with Gasteiger partial charge in [-0.2, -0.15) is 0 Å². The van der Waals surface area contributed by atoms with Gasteiger partial charge in [0.1, 0.15) is 5.52 Å². The van der Waals surface area contributed by atoms with Crippen molar-refractivity contribution >= 4 is 40.4 Å². The third-order valence-corrected chi connectivity index (χ3v) is 4.91. The summed E-state index contributed by atoms with van der Waals surface area (Å²) in [5.74, 6) is 0.323. The standard InChI is InChI=1S/C24H19ClN2O2/c1-15-6-12-22-21(14-15)27-24(29-22)19-4-3-5-20(16(19)2)26-23(28)13-9-17-7-10-18(25)11-8-17/h3-14H,1-2H3,(H,26,28). The van der Waals surface area contributed by atoms with E-state index in [1.165, 1.54) is 6.08 Å². The molecule has 0 saturated heterocycles. The Bertz CT molecular complexity index is 1220. The Morgan fingerprint density at radius 3 is 2.66 bits per heavy atom. The Labute approximate surface area is 173 Å². The van der Waals surface area contributed by atoms with Gasteiger partial charge in [0.2, 0.25) is 11.8 Å². The zero-order valence-corrected chi connectivity index (χ0v) is 16.8. The first-order valence-electron chi connectivity index (χ1n) is 9.21. The molecule has 0 aliphatic carbocycles. The summed E-state index contributed by atoms with van der Waals surface area (Å²) in [7, 11) is 0. The van der Waals surface area contributed by atoms with Crippen LogP contribution in [0.15, 0.2) is 71.2 Å². The monoisotopic (exact) mass is 402 g/mol. The summed E-state index contributed by atoms with van der Waals surface area (Å²) >= 11 is 5.88. The highest BCUT2D eigenvalue weighted by molar-refractivity contribution is 6.30. The van der Waals surface area contributed by atoms with Crippen LogP contribution in [0.1, 0.15) is 16.7 Å². The number of hydrogen-bond donors (Lipinski definition) is 1. The predicted octanol–water partition coefficient (Wildman–Crippen LogP) is 6.42. The van der Waals surface area contributed by atoms with Gasteiger partial charge in [-0.1, -0.05) is 35.9 Å². The van der Waals surface area contributed by atoms with Crippen LogP contribution in [0.3, 0.4) is 0 Å². The first-order chi connectivity index (χ1) is 14.0. The maximum atomic E-state index is 12.4. The normalized spacial score (nSPS) is 11.3. The van der Waals surface area contributed by atoms with E-state index < -0.39 is 0 Å². The van der Waals surface area contributed by atoms with Crippen LogP contribution in [0.2, 0.25) is 5.02 Å². The van der Waals surface area contributed by atoms with Crippen molar-refractivity contribution in [3.05, 3.63) is 88.5 Å². The number of halogens is 1. The van der Waals surface area contributed by atoms with Gasteiger partial charge < -0.3 is 9.73 Å². The Hall–Kier alpha value is -3.37. The molecule has 4 aromatic rings. The van der Waals surface area contributed by atoms with E-state index in [1.54, 1.807) is 18.2 Å². The van der Waals surface area contributed by atoms with Crippen LogP contribution in [-0.4, -0.2) is 10.9 Å². The second-order valence-corrected chi connectivity index (χ2v) is 7.28. The highest BCUT2D eigenvalue weighted by Gasteiger charge is 2.13. The highest BCUT2D eigenvalue weighted by atomic mass is 35.5. The van der Waals surface area contributed by atoms with Crippen LogP contribution in [0, 0.1) is 13.8 Å². The quantitative estimate of drug-likeness (QED) is 0.401. The van der Waals surface area contributed by atoms with Crippen LogP contribution < -0.4 is 5.32 Å². The van der Waals surface area contributed by atoms with Crippen molar-refractivity contribution in [1.82, 2.24) is 4.98 Å². The van der Waals surface area contributed by atoms with E-state index in [-0.39, 0.29) is 5.91 Å². The smallest absolute Gasteiger partial charge is 0.248 e. The first kappa shape index (κ1) is 19.0. The van der Waals surface area contributed by atoms with E-state index in [9.17, 15) is 4.79 Å².